The minimum Gasteiger partial charge on any atom is -0.481 e. The van der Waals surface area contributed by atoms with E-state index in [0.29, 0.717) is 24.8 Å². The SMILES string of the molecule is CC(C)CC(CN)CC(=O)NC(CC(=O)O)C1CC1. The molecule has 1 amide bonds. The summed E-state index contributed by atoms with van der Waals surface area (Å²) in [7, 11) is 0. The minimum absolute atomic E-state index is 0.0217. The summed E-state index contributed by atoms with van der Waals surface area (Å²) in [4.78, 5) is 22.7. The third kappa shape index (κ3) is 6.57. The summed E-state index contributed by atoms with van der Waals surface area (Å²) in [5.74, 6) is 0.134. The highest BCUT2D eigenvalue weighted by Crippen LogP contribution is 2.34. The number of nitrogens with one attached hydrogen (secondary N) is 1. The summed E-state index contributed by atoms with van der Waals surface area (Å²) in [5, 5.41) is 11.7. The maximum Gasteiger partial charge on any atom is 0.305 e. The number of carboxylic acids is 1. The molecular weight excluding hydrogens is 244 g/mol. The maximum absolute atomic E-state index is 12.0. The van der Waals surface area contributed by atoms with Crippen molar-refractivity contribution in [3.63, 3.8) is 0 Å². The number of amides is 1. The van der Waals surface area contributed by atoms with E-state index in [1.165, 1.54) is 0 Å². The Morgan fingerprint density at radius 3 is 2.37 bits per heavy atom. The van der Waals surface area contributed by atoms with Crippen LogP contribution in [-0.2, 0) is 9.59 Å². The van der Waals surface area contributed by atoms with Crippen molar-refractivity contribution in [1.82, 2.24) is 5.32 Å². The van der Waals surface area contributed by atoms with E-state index in [-0.39, 0.29) is 24.3 Å². The second kappa shape index (κ2) is 7.48. The van der Waals surface area contributed by atoms with Gasteiger partial charge in [0.2, 0.25) is 5.91 Å². The molecule has 0 spiro atoms. The summed E-state index contributed by atoms with van der Waals surface area (Å²) in [6.45, 7) is 4.72. The molecule has 1 saturated carbocycles. The Morgan fingerprint density at radius 2 is 1.95 bits per heavy atom. The first-order valence-electron chi connectivity index (χ1n) is 7.13. The van der Waals surface area contributed by atoms with E-state index in [1.54, 1.807) is 0 Å². The third-order valence-electron chi connectivity index (χ3n) is 3.54. The van der Waals surface area contributed by atoms with Crippen LogP contribution in [0.5, 0.6) is 0 Å². The Hall–Kier alpha value is -1.10. The molecule has 0 aliphatic heterocycles. The zero-order valence-corrected chi connectivity index (χ0v) is 11.9. The summed E-state index contributed by atoms with van der Waals surface area (Å²) < 4.78 is 0. The van der Waals surface area contributed by atoms with Crippen molar-refractivity contribution < 1.29 is 14.7 Å². The van der Waals surface area contributed by atoms with Crippen molar-refractivity contribution in [3.05, 3.63) is 0 Å². The van der Waals surface area contributed by atoms with Gasteiger partial charge in [0.15, 0.2) is 0 Å². The molecular formula is C14H26N2O3. The van der Waals surface area contributed by atoms with Crippen molar-refractivity contribution in [3.8, 4) is 0 Å². The quantitative estimate of drug-likeness (QED) is 0.590. The predicted octanol–water partition coefficient (Wildman–Crippen LogP) is 1.37. The van der Waals surface area contributed by atoms with Crippen LogP contribution in [0.4, 0.5) is 0 Å². The van der Waals surface area contributed by atoms with Crippen LogP contribution >= 0.6 is 0 Å². The number of hydrogen-bond acceptors (Lipinski definition) is 3. The fourth-order valence-electron chi connectivity index (χ4n) is 2.48. The summed E-state index contributed by atoms with van der Waals surface area (Å²) in [5.41, 5.74) is 5.68. The van der Waals surface area contributed by atoms with E-state index in [2.05, 4.69) is 19.2 Å². The topological polar surface area (TPSA) is 92.4 Å². The highest BCUT2D eigenvalue weighted by atomic mass is 16.4. The number of rotatable bonds is 9. The van der Waals surface area contributed by atoms with Gasteiger partial charge in [-0.15, -0.1) is 0 Å². The molecule has 0 aromatic rings. The van der Waals surface area contributed by atoms with Crippen LogP contribution in [0.1, 0.15) is 46.0 Å². The van der Waals surface area contributed by atoms with Crippen LogP contribution in [0.3, 0.4) is 0 Å². The second-order valence-electron chi connectivity index (χ2n) is 6.04. The van der Waals surface area contributed by atoms with Crippen molar-refractivity contribution in [2.24, 2.45) is 23.5 Å². The van der Waals surface area contributed by atoms with Gasteiger partial charge in [-0.2, -0.15) is 0 Å². The van der Waals surface area contributed by atoms with E-state index in [0.717, 1.165) is 19.3 Å². The smallest absolute Gasteiger partial charge is 0.305 e. The van der Waals surface area contributed by atoms with Gasteiger partial charge < -0.3 is 16.2 Å². The van der Waals surface area contributed by atoms with Gasteiger partial charge in [-0.05, 0) is 43.6 Å². The Kier molecular flexibility index (Phi) is 6.28. The molecule has 0 saturated heterocycles. The van der Waals surface area contributed by atoms with Gasteiger partial charge in [0.25, 0.3) is 0 Å². The number of aliphatic carboxylic acids is 1. The highest BCUT2D eigenvalue weighted by molar-refractivity contribution is 5.77. The molecule has 19 heavy (non-hydrogen) atoms. The van der Waals surface area contributed by atoms with Gasteiger partial charge in [-0.3, -0.25) is 9.59 Å². The molecule has 1 aliphatic rings. The lowest BCUT2D eigenvalue weighted by atomic mass is 9.93. The molecule has 2 atom stereocenters. The zero-order chi connectivity index (χ0) is 14.4. The summed E-state index contributed by atoms with van der Waals surface area (Å²) in [6, 6.07) is -0.206. The Morgan fingerprint density at radius 1 is 1.32 bits per heavy atom. The normalized spacial score (nSPS) is 18.1. The first-order chi connectivity index (χ1) is 8.92. The molecule has 1 fully saturated rings. The molecule has 0 radical (unpaired) electrons. The molecule has 0 bridgehead atoms. The summed E-state index contributed by atoms with van der Waals surface area (Å²) in [6.07, 6.45) is 3.39. The molecule has 0 aromatic heterocycles. The Labute approximate surface area is 114 Å². The molecule has 0 aromatic carbocycles. The molecule has 1 rings (SSSR count). The third-order valence-corrected chi connectivity index (χ3v) is 3.54. The van der Waals surface area contributed by atoms with E-state index in [9.17, 15) is 9.59 Å². The van der Waals surface area contributed by atoms with Gasteiger partial charge in [-0.25, -0.2) is 0 Å². The van der Waals surface area contributed by atoms with E-state index >= 15 is 0 Å². The van der Waals surface area contributed by atoms with Gasteiger partial charge >= 0.3 is 5.97 Å². The van der Waals surface area contributed by atoms with Crippen molar-refractivity contribution in [2.45, 2.75) is 52.0 Å². The van der Waals surface area contributed by atoms with E-state index < -0.39 is 5.97 Å². The van der Waals surface area contributed by atoms with Crippen molar-refractivity contribution in [1.29, 1.82) is 0 Å². The Balaban J connectivity index is 2.40. The van der Waals surface area contributed by atoms with Crippen molar-refractivity contribution in [2.75, 3.05) is 6.54 Å². The van der Waals surface area contributed by atoms with E-state index in [1.807, 2.05) is 0 Å². The Bertz CT molecular complexity index is 314. The highest BCUT2D eigenvalue weighted by Gasteiger charge is 2.33. The summed E-state index contributed by atoms with van der Waals surface area (Å²) >= 11 is 0. The monoisotopic (exact) mass is 270 g/mol. The lowest BCUT2D eigenvalue weighted by Gasteiger charge is -2.20. The average Bonchev–Trinajstić information content (AvgIpc) is 3.09. The minimum atomic E-state index is -0.852. The number of carbonyl (C=O) groups excluding carboxylic acids is 1. The van der Waals surface area contributed by atoms with Crippen LogP contribution < -0.4 is 11.1 Å². The van der Waals surface area contributed by atoms with E-state index in [4.69, 9.17) is 10.8 Å². The van der Waals surface area contributed by atoms with Gasteiger partial charge in [0, 0.05) is 12.5 Å². The van der Waals surface area contributed by atoms with Crippen molar-refractivity contribution >= 4 is 11.9 Å². The van der Waals surface area contributed by atoms with Gasteiger partial charge in [-0.1, -0.05) is 13.8 Å². The van der Waals surface area contributed by atoms with Gasteiger partial charge in [0.1, 0.15) is 0 Å². The second-order valence-corrected chi connectivity index (χ2v) is 6.04. The molecule has 2 unspecified atom stereocenters. The lowest BCUT2D eigenvalue weighted by Crippen LogP contribution is -2.39. The molecule has 1 aliphatic carbocycles. The fourth-order valence-corrected chi connectivity index (χ4v) is 2.48. The van der Waals surface area contributed by atoms with Crippen LogP contribution in [0, 0.1) is 17.8 Å². The van der Waals surface area contributed by atoms with Crippen LogP contribution in [0.25, 0.3) is 0 Å². The molecule has 110 valence electrons. The van der Waals surface area contributed by atoms with Crippen LogP contribution in [0.2, 0.25) is 0 Å². The lowest BCUT2D eigenvalue weighted by molar-refractivity contribution is -0.137. The first-order valence-corrected chi connectivity index (χ1v) is 7.13. The zero-order valence-electron chi connectivity index (χ0n) is 11.9. The number of hydrogen-bond donors (Lipinski definition) is 3. The predicted molar refractivity (Wildman–Crippen MR) is 73.5 cm³/mol. The number of carboxylic acid groups (broad SMARTS) is 1. The maximum atomic E-state index is 12.0. The standard InChI is InChI=1S/C14H26N2O3/c1-9(2)5-10(8-15)6-13(17)16-12(7-14(18)19)11-3-4-11/h9-12H,3-8,15H2,1-2H3,(H,16,17)(H,18,19). The number of carbonyl (C=O) groups is 2. The van der Waals surface area contributed by atoms with Crippen LogP contribution in [0.15, 0.2) is 0 Å². The molecule has 5 nitrogen and oxygen atoms in total. The van der Waals surface area contributed by atoms with Crippen LogP contribution in [-0.4, -0.2) is 29.6 Å². The molecule has 0 heterocycles. The fraction of sp³-hybridized carbons (Fsp3) is 0.857. The molecule has 5 heteroatoms. The van der Waals surface area contributed by atoms with Gasteiger partial charge in [0.05, 0.1) is 6.42 Å². The average molecular weight is 270 g/mol. The first kappa shape index (κ1) is 16.0. The largest absolute Gasteiger partial charge is 0.481 e. The number of nitrogens with two attached hydrogens (primary N) is 1. The molecule has 4 N–H and O–H groups in total.